The predicted octanol–water partition coefficient (Wildman–Crippen LogP) is 2.22. The Labute approximate surface area is 119 Å². The molecule has 5 heteroatoms. The number of rotatable bonds is 4. The van der Waals surface area contributed by atoms with Gasteiger partial charge in [-0.1, -0.05) is 19.1 Å². The molecule has 0 radical (unpaired) electrons. The molecule has 0 saturated heterocycles. The summed E-state index contributed by atoms with van der Waals surface area (Å²) in [7, 11) is 1.91. The molecular formula is C15H21N5. The van der Waals surface area contributed by atoms with Crippen molar-refractivity contribution in [2.24, 2.45) is 17.8 Å². The summed E-state index contributed by atoms with van der Waals surface area (Å²) in [4.78, 5) is 4.33. The van der Waals surface area contributed by atoms with Crippen LogP contribution in [0.1, 0.15) is 23.9 Å². The van der Waals surface area contributed by atoms with Crippen molar-refractivity contribution >= 4 is 11.6 Å². The Balaban J connectivity index is 1.98. The van der Waals surface area contributed by atoms with Gasteiger partial charge in [-0.3, -0.25) is 4.68 Å². The van der Waals surface area contributed by atoms with E-state index in [1.165, 1.54) is 5.56 Å². The Morgan fingerprint density at radius 2 is 2.05 bits per heavy atom. The molecule has 5 nitrogen and oxygen atoms in total. The van der Waals surface area contributed by atoms with E-state index in [9.17, 15) is 0 Å². The van der Waals surface area contributed by atoms with E-state index >= 15 is 0 Å². The fourth-order valence-electron chi connectivity index (χ4n) is 1.99. The first-order valence-corrected chi connectivity index (χ1v) is 6.74. The molecule has 0 spiro atoms. The van der Waals surface area contributed by atoms with Crippen LogP contribution in [0.4, 0.5) is 5.69 Å². The molecule has 1 aromatic carbocycles. The van der Waals surface area contributed by atoms with Gasteiger partial charge in [-0.15, -0.1) is 0 Å². The van der Waals surface area contributed by atoms with E-state index in [0.29, 0.717) is 12.5 Å². The maximum atomic E-state index is 5.89. The largest absolute Gasteiger partial charge is 0.370 e. The number of hydrogen-bond donors (Lipinski definition) is 2. The second-order valence-corrected chi connectivity index (χ2v) is 4.78. The van der Waals surface area contributed by atoms with Gasteiger partial charge in [0.1, 0.15) is 0 Å². The smallest absolute Gasteiger partial charge is 0.193 e. The van der Waals surface area contributed by atoms with Crippen molar-refractivity contribution in [2.75, 3.05) is 5.32 Å². The number of anilines is 1. The van der Waals surface area contributed by atoms with Gasteiger partial charge in [-0.2, -0.15) is 5.10 Å². The van der Waals surface area contributed by atoms with Crippen LogP contribution in [0.2, 0.25) is 0 Å². The van der Waals surface area contributed by atoms with Crippen LogP contribution in [-0.2, 0) is 20.0 Å². The first kappa shape index (κ1) is 14.1. The van der Waals surface area contributed by atoms with E-state index in [-0.39, 0.29) is 0 Å². The normalized spacial score (nSPS) is 11.7. The average molecular weight is 271 g/mol. The van der Waals surface area contributed by atoms with Crippen molar-refractivity contribution in [2.45, 2.75) is 26.8 Å². The molecule has 0 unspecified atom stereocenters. The van der Waals surface area contributed by atoms with E-state index in [0.717, 1.165) is 23.5 Å². The molecule has 2 rings (SSSR count). The Morgan fingerprint density at radius 3 is 2.60 bits per heavy atom. The molecule has 0 atom stereocenters. The summed E-state index contributed by atoms with van der Waals surface area (Å²) in [5.41, 5.74) is 10.2. The standard InChI is InChI=1S/C15H21N5/c1-4-12-5-7-13(8-6-12)18-15(16)17-10-14-9-11(2)19-20(14)3/h5-9H,4,10H2,1-3H3,(H3,16,17,18). The lowest BCUT2D eigenvalue weighted by Crippen LogP contribution is -2.22. The molecule has 0 amide bonds. The third-order valence-corrected chi connectivity index (χ3v) is 3.14. The number of nitrogens with one attached hydrogen (secondary N) is 1. The number of guanidine groups is 1. The minimum Gasteiger partial charge on any atom is -0.370 e. The summed E-state index contributed by atoms with van der Waals surface area (Å²) in [5.74, 6) is 0.410. The highest BCUT2D eigenvalue weighted by atomic mass is 15.3. The average Bonchev–Trinajstić information content (AvgIpc) is 2.75. The molecular weight excluding hydrogens is 250 g/mol. The molecule has 3 N–H and O–H groups in total. The molecule has 0 aliphatic rings. The third kappa shape index (κ3) is 3.60. The Kier molecular flexibility index (Phi) is 4.40. The van der Waals surface area contributed by atoms with Gasteiger partial charge in [-0.25, -0.2) is 4.99 Å². The van der Waals surface area contributed by atoms with E-state index in [2.05, 4.69) is 34.5 Å². The summed E-state index contributed by atoms with van der Waals surface area (Å²) in [6.45, 7) is 4.61. The van der Waals surface area contributed by atoms with Crippen molar-refractivity contribution in [3.05, 3.63) is 47.3 Å². The van der Waals surface area contributed by atoms with Gasteiger partial charge < -0.3 is 11.1 Å². The molecule has 0 aliphatic carbocycles. The monoisotopic (exact) mass is 271 g/mol. The van der Waals surface area contributed by atoms with Crippen molar-refractivity contribution in [1.29, 1.82) is 0 Å². The highest BCUT2D eigenvalue weighted by molar-refractivity contribution is 5.92. The van der Waals surface area contributed by atoms with Crippen LogP contribution in [0.5, 0.6) is 0 Å². The molecule has 0 saturated carbocycles. The van der Waals surface area contributed by atoms with Crippen molar-refractivity contribution in [3.63, 3.8) is 0 Å². The van der Waals surface area contributed by atoms with Gasteiger partial charge in [0.05, 0.1) is 17.9 Å². The molecule has 1 heterocycles. The Morgan fingerprint density at radius 1 is 1.35 bits per heavy atom. The SMILES string of the molecule is CCc1ccc(NC(N)=NCc2cc(C)nn2C)cc1. The van der Waals surface area contributed by atoms with Crippen molar-refractivity contribution in [3.8, 4) is 0 Å². The van der Waals surface area contributed by atoms with Crippen molar-refractivity contribution < 1.29 is 0 Å². The number of aliphatic imine (C=N–C) groups is 1. The quantitative estimate of drug-likeness (QED) is 0.662. The first-order valence-electron chi connectivity index (χ1n) is 6.74. The van der Waals surface area contributed by atoms with Gasteiger partial charge in [0, 0.05) is 12.7 Å². The molecule has 1 aromatic heterocycles. The molecule has 20 heavy (non-hydrogen) atoms. The van der Waals surface area contributed by atoms with Crippen LogP contribution in [0.15, 0.2) is 35.3 Å². The fraction of sp³-hybridized carbons (Fsp3) is 0.333. The van der Waals surface area contributed by atoms with Crippen LogP contribution in [0, 0.1) is 6.92 Å². The summed E-state index contributed by atoms with van der Waals surface area (Å²) in [6, 6.07) is 10.2. The second-order valence-electron chi connectivity index (χ2n) is 4.78. The maximum Gasteiger partial charge on any atom is 0.193 e. The zero-order chi connectivity index (χ0) is 14.5. The van der Waals surface area contributed by atoms with E-state index < -0.39 is 0 Å². The van der Waals surface area contributed by atoms with Gasteiger partial charge in [-0.05, 0) is 37.1 Å². The van der Waals surface area contributed by atoms with Crippen LogP contribution < -0.4 is 11.1 Å². The van der Waals surface area contributed by atoms with Crippen LogP contribution in [0.25, 0.3) is 0 Å². The molecule has 0 fully saturated rings. The lowest BCUT2D eigenvalue weighted by atomic mass is 10.1. The minimum atomic E-state index is 0.410. The van der Waals surface area contributed by atoms with Gasteiger partial charge in [0.2, 0.25) is 0 Å². The Bertz CT molecular complexity index is 595. The van der Waals surface area contributed by atoms with Crippen LogP contribution in [-0.4, -0.2) is 15.7 Å². The molecule has 106 valence electrons. The summed E-state index contributed by atoms with van der Waals surface area (Å²) in [5, 5.41) is 7.37. The summed E-state index contributed by atoms with van der Waals surface area (Å²) >= 11 is 0. The number of aryl methyl sites for hydroxylation is 3. The highest BCUT2D eigenvalue weighted by Crippen LogP contribution is 2.10. The number of hydrogen-bond acceptors (Lipinski definition) is 2. The maximum absolute atomic E-state index is 5.89. The van der Waals surface area contributed by atoms with Crippen LogP contribution in [0.3, 0.4) is 0 Å². The predicted molar refractivity (Wildman–Crippen MR) is 82.7 cm³/mol. The number of aromatic nitrogens is 2. The van der Waals surface area contributed by atoms with E-state index in [1.807, 2.05) is 36.9 Å². The molecule has 0 bridgehead atoms. The fourth-order valence-corrected chi connectivity index (χ4v) is 1.99. The van der Waals surface area contributed by atoms with Gasteiger partial charge in [0.15, 0.2) is 5.96 Å². The lowest BCUT2D eigenvalue weighted by Gasteiger charge is -2.06. The number of benzene rings is 1. The number of nitrogens with two attached hydrogens (primary N) is 1. The molecule has 2 aromatic rings. The van der Waals surface area contributed by atoms with Crippen molar-refractivity contribution in [1.82, 2.24) is 9.78 Å². The zero-order valence-corrected chi connectivity index (χ0v) is 12.2. The van der Waals surface area contributed by atoms with E-state index in [1.54, 1.807) is 0 Å². The highest BCUT2D eigenvalue weighted by Gasteiger charge is 2.01. The minimum absolute atomic E-state index is 0.410. The lowest BCUT2D eigenvalue weighted by molar-refractivity contribution is 0.706. The second kappa shape index (κ2) is 6.23. The third-order valence-electron chi connectivity index (χ3n) is 3.14. The Hall–Kier alpha value is -2.30. The van der Waals surface area contributed by atoms with E-state index in [4.69, 9.17) is 5.73 Å². The molecule has 0 aliphatic heterocycles. The topological polar surface area (TPSA) is 68.2 Å². The number of nitrogens with zero attached hydrogens (tertiary/aromatic N) is 3. The van der Waals surface area contributed by atoms with Gasteiger partial charge >= 0.3 is 0 Å². The summed E-state index contributed by atoms with van der Waals surface area (Å²) < 4.78 is 1.82. The first-order chi connectivity index (χ1) is 9.58. The summed E-state index contributed by atoms with van der Waals surface area (Å²) in [6.07, 6.45) is 1.03. The van der Waals surface area contributed by atoms with Crippen LogP contribution >= 0.6 is 0 Å². The van der Waals surface area contributed by atoms with Gasteiger partial charge in [0.25, 0.3) is 0 Å². The zero-order valence-electron chi connectivity index (χ0n) is 12.2.